The van der Waals surface area contributed by atoms with E-state index >= 15 is 0 Å². The van der Waals surface area contributed by atoms with E-state index in [-0.39, 0.29) is 0 Å². The normalized spacial score (nSPS) is 17.7. The van der Waals surface area contributed by atoms with Crippen LogP contribution in [0.3, 0.4) is 0 Å². The maximum absolute atomic E-state index is 3.63. The van der Waals surface area contributed by atoms with Gasteiger partial charge in [-0.05, 0) is 60.3 Å². The summed E-state index contributed by atoms with van der Waals surface area (Å²) in [6.07, 6.45) is 7.71. The van der Waals surface area contributed by atoms with Gasteiger partial charge in [-0.15, -0.1) is 0 Å². The van der Waals surface area contributed by atoms with Crippen LogP contribution in [0.1, 0.15) is 53.9 Å². The Morgan fingerprint density at radius 1 is 0.905 bits per heavy atom. The molecule has 0 unspecified atom stereocenters. The average molecular weight is 277 g/mol. The molecule has 1 N–H and O–H groups in total. The van der Waals surface area contributed by atoms with E-state index in [1.807, 2.05) is 0 Å². The van der Waals surface area contributed by atoms with Crippen LogP contribution in [0.2, 0.25) is 0 Å². The molecule has 0 saturated heterocycles. The lowest BCUT2D eigenvalue weighted by atomic mass is 9.77. The molecule has 1 saturated carbocycles. The van der Waals surface area contributed by atoms with Crippen LogP contribution >= 0.6 is 0 Å². The van der Waals surface area contributed by atoms with Crippen molar-refractivity contribution in [1.82, 2.24) is 0 Å². The second-order valence-electron chi connectivity index (χ2n) is 6.49. The molecule has 2 aromatic rings. The predicted octanol–water partition coefficient (Wildman–Crippen LogP) is 4.90. The number of fused-ring (bicyclic) bond motifs is 1. The SMILES string of the molecule is c1ccc(C2CCC2)c(Cc2cccc3c2NCCC3)c1. The molecule has 0 spiro atoms. The summed E-state index contributed by atoms with van der Waals surface area (Å²) in [5, 5.41) is 3.63. The van der Waals surface area contributed by atoms with Gasteiger partial charge in [0.1, 0.15) is 0 Å². The summed E-state index contributed by atoms with van der Waals surface area (Å²) in [4.78, 5) is 0. The Kier molecular flexibility index (Phi) is 3.42. The Balaban J connectivity index is 1.67. The van der Waals surface area contributed by atoms with Crippen LogP contribution < -0.4 is 5.32 Å². The summed E-state index contributed by atoms with van der Waals surface area (Å²) < 4.78 is 0. The van der Waals surface area contributed by atoms with E-state index in [0.717, 1.165) is 18.9 Å². The number of anilines is 1. The van der Waals surface area contributed by atoms with Gasteiger partial charge in [-0.2, -0.15) is 0 Å². The monoisotopic (exact) mass is 277 g/mol. The molecule has 1 heteroatoms. The van der Waals surface area contributed by atoms with Gasteiger partial charge in [0.25, 0.3) is 0 Å². The van der Waals surface area contributed by atoms with E-state index in [1.54, 1.807) is 5.56 Å². The second-order valence-corrected chi connectivity index (χ2v) is 6.49. The lowest BCUT2D eigenvalue weighted by Gasteiger charge is -2.28. The lowest BCUT2D eigenvalue weighted by Crippen LogP contribution is -2.15. The molecule has 0 atom stereocenters. The predicted molar refractivity (Wildman–Crippen MR) is 89.1 cm³/mol. The van der Waals surface area contributed by atoms with Crippen molar-refractivity contribution < 1.29 is 0 Å². The first-order valence-corrected chi connectivity index (χ1v) is 8.34. The molecular formula is C20H23N. The van der Waals surface area contributed by atoms with Crippen molar-refractivity contribution in [3.8, 4) is 0 Å². The highest BCUT2D eigenvalue weighted by Gasteiger charge is 2.22. The number of hydrogen-bond donors (Lipinski definition) is 1. The maximum Gasteiger partial charge on any atom is 0.0408 e. The molecule has 0 amide bonds. The Labute approximate surface area is 127 Å². The minimum Gasteiger partial charge on any atom is -0.385 e. The number of para-hydroxylation sites is 1. The Morgan fingerprint density at radius 2 is 1.76 bits per heavy atom. The fourth-order valence-electron chi connectivity index (χ4n) is 3.75. The summed E-state index contributed by atoms with van der Waals surface area (Å²) in [6.45, 7) is 1.12. The molecule has 1 aliphatic heterocycles. The molecule has 2 aromatic carbocycles. The van der Waals surface area contributed by atoms with Crippen molar-refractivity contribution in [3.63, 3.8) is 0 Å². The molecule has 108 valence electrons. The van der Waals surface area contributed by atoms with Crippen LogP contribution in [-0.2, 0) is 12.8 Å². The minimum atomic E-state index is 0.814. The van der Waals surface area contributed by atoms with Gasteiger partial charge in [-0.1, -0.05) is 48.9 Å². The minimum absolute atomic E-state index is 0.814. The zero-order valence-electron chi connectivity index (χ0n) is 12.6. The van der Waals surface area contributed by atoms with Gasteiger partial charge in [0.2, 0.25) is 0 Å². The highest BCUT2D eigenvalue weighted by Crippen LogP contribution is 2.39. The molecule has 2 aliphatic rings. The molecule has 0 aromatic heterocycles. The van der Waals surface area contributed by atoms with Gasteiger partial charge in [0, 0.05) is 12.2 Å². The van der Waals surface area contributed by atoms with Crippen LogP contribution in [0.25, 0.3) is 0 Å². The standard InChI is InChI=1S/C20H23N/c1-2-12-19(15-7-3-8-15)17(6-1)14-18-10-4-9-16-11-5-13-21-20(16)18/h1-2,4,6,9-10,12,15,21H,3,5,7-8,11,13-14H2. The highest BCUT2D eigenvalue weighted by molar-refractivity contribution is 5.60. The van der Waals surface area contributed by atoms with E-state index in [9.17, 15) is 0 Å². The quantitative estimate of drug-likeness (QED) is 0.841. The third-order valence-electron chi connectivity index (χ3n) is 5.14. The van der Waals surface area contributed by atoms with Crippen molar-refractivity contribution in [2.24, 2.45) is 0 Å². The van der Waals surface area contributed by atoms with E-state index in [0.29, 0.717) is 0 Å². The van der Waals surface area contributed by atoms with Crippen LogP contribution in [0.4, 0.5) is 5.69 Å². The molecular weight excluding hydrogens is 254 g/mol. The van der Waals surface area contributed by atoms with E-state index in [1.165, 1.54) is 54.5 Å². The number of nitrogens with one attached hydrogen (secondary N) is 1. The van der Waals surface area contributed by atoms with Crippen molar-refractivity contribution in [2.75, 3.05) is 11.9 Å². The van der Waals surface area contributed by atoms with Gasteiger partial charge >= 0.3 is 0 Å². The largest absolute Gasteiger partial charge is 0.385 e. The number of hydrogen-bond acceptors (Lipinski definition) is 1. The molecule has 21 heavy (non-hydrogen) atoms. The van der Waals surface area contributed by atoms with Crippen molar-refractivity contribution >= 4 is 5.69 Å². The molecule has 1 aliphatic carbocycles. The van der Waals surface area contributed by atoms with Gasteiger partial charge in [0.15, 0.2) is 0 Å². The number of aryl methyl sites for hydroxylation is 1. The lowest BCUT2D eigenvalue weighted by molar-refractivity contribution is 0.417. The molecule has 0 radical (unpaired) electrons. The average Bonchev–Trinajstić information content (AvgIpc) is 2.48. The summed E-state index contributed by atoms with van der Waals surface area (Å²) in [6, 6.07) is 15.9. The summed E-state index contributed by atoms with van der Waals surface area (Å²) in [5.74, 6) is 0.814. The molecule has 0 bridgehead atoms. The van der Waals surface area contributed by atoms with Crippen LogP contribution in [-0.4, -0.2) is 6.54 Å². The van der Waals surface area contributed by atoms with Gasteiger partial charge < -0.3 is 5.32 Å². The smallest absolute Gasteiger partial charge is 0.0408 e. The van der Waals surface area contributed by atoms with E-state index in [4.69, 9.17) is 0 Å². The van der Waals surface area contributed by atoms with Gasteiger partial charge in [0.05, 0.1) is 0 Å². The first kappa shape index (κ1) is 12.9. The zero-order chi connectivity index (χ0) is 14.1. The van der Waals surface area contributed by atoms with Crippen molar-refractivity contribution in [3.05, 3.63) is 64.7 Å². The Hall–Kier alpha value is -1.76. The number of rotatable bonds is 3. The molecule has 4 rings (SSSR count). The van der Waals surface area contributed by atoms with Crippen LogP contribution in [0.5, 0.6) is 0 Å². The molecule has 1 fully saturated rings. The molecule has 1 nitrogen and oxygen atoms in total. The Bertz CT molecular complexity index is 640. The highest BCUT2D eigenvalue weighted by atomic mass is 14.9. The summed E-state index contributed by atoms with van der Waals surface area (Å²) in [7, 11) is 0. The topological polar surface area (TPSA) is 12.0 Å². The first-order valence-electron chi connectivity index (χ1n) is 8.34. The maximum atomic E-state index is 3.63. The summed E-state index contributed by atoms with van der Waals surface area (Å²) >= 11 is 0. The van der Waals surface area contributed by atoms with E-state index < -0.39 is 0 Å². The fraction of sp³-hybridized carbons (Fsp3) is 0.400. The number of benzene rings is 2. The Morgan fingerprint density at radius 3 is 2.62 bits per heavy atom. The fourth-order valence-corrected chi connectivity index (χ4v) is 3.75. The third-order valence-corrected chi connectivity index (χ3v) is 5.14. The van der Waals surface area contributed by atoms with Crippen molar-refractivity contribution in [2.45, 2.75) is 44.4 Å². The second kappa shape index (κ2) is 5.55. The van der Waals surface area contributed by atoms with Gasteiger partial charge in [-0.3, -0.25) is 0 Å². The summed E-state index contributed by atoms with van der Waals surface area (Å²) in [5.41, 5.74) is 7.51. The van der Waals surface area contributed by atoms with Gasteiger partial charge in [-0.25, -0.2) is 0 Å². The van der Waals surface area contributed by atoms with Crippen molar-refractivity contribution in [1.29, 1.82) is 0 Å². The first-order chi connectivity index (χ1) is 10.4. The van der Waals surface area contributed by atoms with E-state index in [2.05, 4.69) is 47.8 Å². The van der Waals surface area contributed by atoms with Crippen LogP contribution in [0, 0.1) is 0 Å². The van der Waals surface area contributed by atoms with Crippen LogP contribution in [0.15, 0.2) is 42.5 Å². The third kappa shape index (κ3) is 2.46. The molecule has 1 heterocycles. The zero-order valence-corrected chi connectivity index (χ0v) is 12.6.